The molecule has 1 heterocycles. The van der Waals surface area contributed by atoms with Crippen molar-refractivity contribution in [3.63, 3.8) is 0 Å². The predicted octanol–water partition coefficient (Wildman–Crippen LogP) is 0.482. The summed E-state index contributed by atoms with van der Waals surface area (Å²) in [6.45, 7) is -0.487. The van der Waals surface area contributed by atoms with Crippen LogP contribution in [0, 0.1) is 17.8 Å². The van der Waals surface area contributed by atoms with Crippen molar-refractivity contribution in [2.45, 2.75) is 31.5 Å². The Morgan fingerprint density at radius 3 is 2.91 bits per heavy atom. The Balaban J connectivity index is 1.37. The van der Waals surface area contributed by atoms with Crippen LogP contribution < -0.4 is 0 Å². The van der Waals surface area contributed by atoms with Gasteiger partial charge in [0.1, 0.15) is 12.2 Å². The molecule has 3 aliphatic rings. The van der Waals surface area contributed by atoms with E-state index in [1.54, 1.807) is 0 Å². The third-order valence-corrected chi connectivity index (χ3v) is 5.03. The number of rotatable bonds is 8. The molecule has 1 aliphatic heterocycles. The summed E-state index contributed by atoms with van der Waals surface area (Å²) in [7, 11) is 0. The highest BCUT2D eigenvalue weighted by Crippen LogP contribution is 2.55. The molecule has 5 atom stereocenters. The van der Waals surface area contributed by atoms with Gasteiger partial charge in [0.2, 0.25) is 0 Å². The Morgan fingerprint density at radius 1 is 1.30 bits per heavy atom. The topological polar surface area (TPSA) is 118 Å². The summed E-state index contributed by atoms with van der Waals surface area (Å²) in [4.78, 5) is 34.8. The molecule has 2 aliphatic carbocycles. The Labute approximate surface area is 135 Å². The third-order valence-electron chi connectivity index (χ3n) is 4.50. The van der Waals surface area contributed by atoms with Crippen LogP contribution >= 0.6 is 12.0 Å². The molecular formula is C13H16O9S. The van der Waals surface area contributed by atoms with Crippen LogP contribution in [0.4, 0.5) is 0 Å². The molecule has 0 spiro atoms. The van der Waals surface area contributed by atoms with Gasteiger partial charge in [-0.2, -0.15) is 0 Å². The first-order valence-corrected chi connectivity index (χ1v) is 8.16. The molecule has 1 N–H and O–H groups in total. The second-order valence-electron chi connectivity index (χ2n) is 5.73. The molecule has 3 rings (SSSR count). The Morgan fingerprint density at radius 2 is 2.13 bits per heavy atom. The summed E-state index contributed by atoms with van der Waals surface area (Å²) in [5.74, 6) is -0.999. The van der Waals surface area contributed by atoms with Crippen LogP contribution in [0.5, 0.6) is 0 Å². The standard InChI is InChI=1S/C13H16O9S/c14-9(1-2-23-22-21-17)18-5-10(15)19-11-6-3-7-8(4-6)13(16)20-12(7)11/h6-8,11-12,17H,1-5H2. The van der Waals surface area contributed by atoms with E-state index in [-0.39, 0.29) is 42.0 Å². The molecule has 128 valence electrons. The van der Waals surface area contributed by atoms with Gasteiger partial charge >= 0.3 is 17.9 Å². The van der Waals surface area contributed by atoms with E-state index in [4.69, 9.17) is 19.5 Å². The van der Waals surface area contributed by atoms with Crippen molar-refractivity contribution < 1.29 is 43.2 Å². The lowest BCUT2D eigenvalue weighted by atomic mass is 9.88. The van der Waals surface area contributed by atoms with E-state index in [1.807, 2.05) is 0 Å². The Bertz CT molecular complexity index is 496. The lowest BCUT2D eigenvalue weighted by molar-refractivity contribution is -0.432. The number of carbonyl (C=O) groups is 3. The number of carbonyl (C=O) groups excluding carboxylic acids is 3. The van der Waals surface area contributed by atoms with E-state index < -0.39 is 24.6 Å². The third kappa shape index (κ3) is 3.44. The number of esters is 3. The molecule has 5 unspecified atom stereocenters. The minimum absolute atomic E-state index is 0.0165. The van der Waals surface area contributed by atoms with Crippen LogP contribution in [-0.2, 0) is 38.0 Å². The lowest BCUT2D eigenvalue weighted by Gasteiger charge is -2.25. The first kappa shape index (κ1) is 16.5. The van der Waals surface area contributed by atoms with Gasteiger partial charge in [0.15, 0.2) is 6.61 Å². The van der Waals surface area contributed by atoms with E-state index >= 15 is 0 Å². The zero-order valence-electron chi connectivity index (χ0n) is 12.0. The quantitative estimate of drug-likeness (QED) is 0.166. The highest BCUT2D eigenvalue weighted by molar-refractivity contribution is 7.94. The monoisotopic (exact) mass is 348 g/mol. The summed E-state index contributed by atoms with van der Waals surface area (Å²) in [6.07, 6.45) is 0.736. The van der Waals surface area contributed by atoms with Crippen molar-refractivity contribution in [1.82, 2.24) is 0 Å². The van der Waals surface area contributed by atoms with Crippen LogP contribution in [0.25, 0.3) is 0 Å². The van der Waals surface area contributed by atoms with Crippen molar-refractivity contribution in [2.75, 3.05) is 12.4 Å². The van der Waals surface area contributed by atoms with Gasteiger partial charge in [-0.05, 0) is 12.8 Å². The van der Waals surface area contributed by atoms with E-state index in [1.165, 1.54) is 0 Å². The summed E-state index contributed by atoms with van der Waals surface area (Å²) in [5.41, 5.74) is 0. The zero-order valence-corrected chi connectivity index (χ0v) is 12.9. The first-order chi connectivity index (χ1) is 11.1. The molecule has 3 fully saturated rings. The van der Waals surface area contributed by atoms with Gasteiger partial charge in [-0.25, -0.2) is 10.1 Å². The summed E-state index contributed by atoms with van der Waals surface area (Å²) < 4.78 is 19.5. The van der Waals surface area contributed by atoms with Gasteiger partial charge in [0, 0.05) is 29.6 Å². The van der Waals surface area contributed by atoms with Crippen LogP contribution in [0.1, 0.15) is 19.3 Å². The molecule has 0 aromatic rings. The average molecular weight is 348 g/mol. The fourth-order valence-corrected chi connectivity index (χ4v) is 4.00. The van der Waals surface area contributed by atoms with Crippen molar-refractivity contribution in [1.29, 1.82) is 0 Å². The van der Waals surface area contributed by atoms with Crippen molar-refractivity contribution >= 4 is 30.0 Å². The van der Waals surface area contributed by atoms with Gasteiger partial charge < -0.3 is 14.2 Å². The molecule has 2 bridgehead atoms. The maximum Gasteiger partial charge on any atom is 0.344 e. The van der Waals surface area contributed by atoms with Gasteiger partial charge in [-0.15, -0.1) is 4.33 Å². The average Bonchev–Trinajstić information content (AvgIpc) is 3.14. The zero-order chi connectivity index (χ0) is 16.4. The molecule has 0 radical (unpaired) electrons. The molecule has 2 saturated carbocycles. The van der Waals surface area contributed by atoms with Crippen molar-refractivity contribution in [2.24, 2.45) is 17.8 Å². The molecule has 0 amide bonds. The number of hydrogen-bond donors (Lipinski definition) is 1. The van der Waals surface area contributed by atoms with E-state index in [2.05, 4.69) is 9.37 Å². The predicted molar refractivity (Wildman–Crippen MR) is 72.3 cm³/mol. The fraction of sp³-hybridized carbons (Fsp3) is 0.769. The Kier molecular flexibility index (Phi) is 5.05. The van der Waals surface area contributed by atoms with Crippen LogP contribution in [0.15, 0.2) is 0 Å². The minimum atomic E-state index is -0.655. The van der Waals surface area contributed by atoms with Gasteiger partial charge in [-0.3, -0.25) is 9.59 Å². The maximum absolute atomic E-state index is 11.8. The highest BCUT2D eigenvalue weighted by Gasteiger charge is 2.63. The molecule has 10 heteroatoms. The normalized spacial score (nSPS) is 33.6. The second kappa shape index (κ2) is 7.04. The molecule has 0 aromatic carbocycles. The number of fused-ring (bicyclic) bond motifs is 1. The number of ether oxygens (including phenoxy) is 3. The summed E-state index contributed by atoms with van der Waals surface area (Å²) >= 11 is 0.721. The first-order valence-electron chi connectivity index (χ1n) is 7.25. The maximum atomic E-state index is 11.8. The van der Waals surface area contributed by atoms with Crippen LogP contribution in [0.2, 0.25) is 0 Å². The van der Waals surface area contributed by atoms with Crippen molar-refractivity contribution in [3.8, 4) is 0 Å². The summed E-state index contributed by atoms with van der Waals surface area (Å²) in [6, 6.07) is 0. The molecule has 23 heavy (non-hydrogen) atoms. The van der Waals surface area contributed by atoms with E-state index in [0.29, 0.717) is 6.42 Å². The summed E-state index contributed by atoms with van der Waals surface area (Å²) in [5, 5.41) is 11.3. The fourth-order valence-electron chi connectivity index (χ4n) is 3.64. The lowest BCUT2D eigenvalue weighted by Crippen LogP contribution is -2.37. The molecular weight excluding hydrogens is 332 g/mol. The van der Waals surface area contributed by atoms with Crippen molar-refractivity contribution in [3.05, 3.63) is 0 Å². The SMILES string of the molecule is O=C(CCSOOO)OCC(=O)OC1C2CC3C(=O)OC1C3C2. The van der Waals surface area contributed by atoms with Gasteiger partial charge in [0.25, 0.3) is 0 Å². The molecule has 0 aromatic heterocycles. The largest absolute Gasteiger partial charge is 0.458 e. The minimum Gasteiger partial charge on any atom is -0.458 e. The van der Waals surface area contributed by atoms with Gasteiger partial charge in [0.05, 0.1) is 12.3 Å². The van der Waals surface area contributed by atoms with Crippen LogP contribution in [0.3, 0.4) is 0 Å². The second-order valence-corrected chi connectivity index (χ2v) is 6.51. The Hall–Kier alpha value is -1.36. The number of hydrogen-bond acceptors (Lipinski definition) is 10. The van der Waals surface area contributed by atoms with E-state index in [0.717, 1.165) is 18.5 Å². The molecule has 1 saturated heterocycles. The smallest absolute Gasteiger partial charge is 0.344 e. The highest BCUT2D eigenvalue weighted by atomic mass is 32.2. The van der Waals surface area contributed by atoms with E-state index in [9.17, 15) is 14.4 Å². The van der Waals surface area contributed by atoms with Crippen LogP contribution in [-0.4, -0.2) is 47.7 Å². The molecule has 9 nitrogen and oxygen atoms in total. The van der Waals surface area contributed by atoms with Gasteiger partial charge in [-0.1, -0.05) is 5.04 Å².